The second-order valence-electron chi connectivity index (χ2n) is 13.0. The maximum atomic E-state index is 14.2. The van der Waals surface area contributed by atoms with E-state index in [-0.39, 0.29) is 36.1 Å². The van der Waals surface area contributed by atoms with Crippen molar-refractivity contribution >= 4 is 29.6 Å². The van der Waals surface area contributed by atoms with Gasteiger partial charge in [0.05, 0.1) is 6.04 Å². The predicted octanol–water partition coefficient (Wildman–Crippen LogP) is 5.60. The van der Waals surface area contributed by atoms with Crippen LogP contribution < -0.4 is 5.32 Å². The SMILES string of the molecule is CCN(CC)C(=O)N(C1CCCCC1)C1CCN(C(=O)[C@@H](Cc2ccc(Cl)cc2)NC2CC3CCC(C2)N3C(=O)O)CC1. The van der Waals surface area contributed by atoms with Gasteiger partial charge in [-0.15, -0.1) is 0 Å². The molecule has 4 aliphatic rings. The molecule has 3 saturated heterocycles. The summed E-state index contributed by atoms with van der Waals surface area (Å²) in [5.74, 6) is 0.0979. The molecule has 1 aromatic carbocycles. The molecule has 10 heteroatoms. The fourth-order valence-electron chi connectivity index (χ4n) is 8.20. The molecule has 2 bridgehead atoms. The van der Waals surface area contributed by atoms with Crippen LogP contribution in [0.4, 0.5) is 9.59 Å². The lowest BCUT2D eigenvalue weighted by atomic mass is 9.91. The van der Waals surface area contributed by atoms with E-state index in [0.717, 1.165) is 56.9 Å². The first-order chi connectivity index (χ1) is 20.8. The van der Waals surface area contributed by atoms with Crippen LogP contribution in [0.3, 0.4) is 0 Å². The zero-order valence-corrected chi connectivity index (χ0v) is 26.7. The van der Waals surface area contributed by atoms with Crippen molar-refractivity contribution in [3.05, 3.63) is 34.9 Å². The normalized spacial score (nSPS) is 25.4. The fraction of sp³-hybridized carbons (Fsp3) is 0.727. The van der Waals surface area contributed by atoms with Gasteiger partial charge in [0.1, 0.15) is 0 Å². The van der Waals surface area contributed by atoms with Crippen molar-refractivity contribution in [2.24, 2.45) is 0 Å². The number of carbonyl (C=O) groups excluding carboxylic acids is 2. The number of likely N-dealkylation sites (tertiary alicyclic amines) is 1. The van der Waals surface area contributed by atoms with Gasteiger partial charge in [0, 0.05) is 61.4 Å². The van der Waals surface area contributed by atoms with E-state index in [4.69, 9.17) is 11.6 Å². The monoisotopic (exact) mass is 615 g/mol. The first-order valence-corrected chi connectivity index (χ1v) is 17.0. The highest BCUT2D eigenvalue weighted by molar-refractivity contribution is 6.30. The third-order valence-electron chi connectivity index (χ3n) is 10.4. The molecule has 9 nitrogen and oxygen atoms in total. The van der Waals surface area contributed by atoms with Crippen molar-refractivity contribution in [3.8, 4) is 0 Å². The largest absolute Gasteiger partial charge is 0.465 e. The molecule has 1 aromatic rings. The Morgan fingerprint density at radius 1 is 0.907 bits per heavy atom. The van der Waals surface area contributed by atoms with Gasteiger partial charge in [-0.1, -0.05) is 43.0 Å². The maximum Gasteiger partial charge on any atom is 0.407 e. The zero-order chi connectivity index (χ0) is 30.5. The van der Waals surface area contributed by atoms with E-state index < -0.39 is 12.1 Å². The number of halogens is 1. The molecule has 0 spiro atoms. The molecule has 238 valence electrons. The number of hydrogen-bond acceptors (Lipinski definition) is 4. The molecule has 43 heavy (non-hydrogen) atoms. The van der Waals surface area contributed by atoms with Gasteiger partial charge in [0.2, 0.25) is 5.91 Å². The summed E-state index contributed by atoms with van der Waals surface area (Å²) < 4.78 is 0. The summed E-state index contributed by atoms with van der Waals surface area (Å²) in [5, 5.41) is 14.1. The Morgan fingerprint density at radius 2 is 1.49 bits per heavy atom. The van der Waals surface area contributed by atoms with E-state index in [2.05, 4.69) is 10.2 Å². The van der Waals surface area contributed by atoms with Crippen LogP contribution >= 0.6 is 11.6 Å². The first-order valence-electron chi connectivity index (χ1n) is 16.7. The number of rotatable bonds is 9. The predicted molar refractivity (Wildman–Crippen MR) is 168 cm³/mol. The number of piperidine rings is 2. The topological polar surface area (TPSA) is 96.4 Å². The number of hydrogen-bond donors (Lipinski definition) is 2. The average Bonchev–Trinajstić information content (AvgIpc) is 3.30. The smallest absolute Gasteiger partial charge is 0.407 e. The molecule has 2 unspecified atom stereocenters. The number of carbonyl (C=O) groups is 3. The number of amides is 4. The molecule has 4 fully saturated rings. The van der Waals surface area contributed by atoms with Gasteiger partial charge in [0.25, 0.3) is 0 Å². The molecule has 1 aliphatic carbocycles. The van der Waals surface area contributed by atoms with Crippen molar-refractivity contribution < 1.29 is 19.5 Å². The van der Waals surface area contributed by atoms with E-state index in [1.807, 2.05) is 47.9 Å². The fourth-order valence-corrected chi connectivity index (χ4v) is 8.32. The molecule has 4 amide bonds. The average molecular weight is 616 g/mol. The molecular weight excluding hydrogens is 566 g/mol. The lowest BCUT2D eigenvalue weighted by molar-refractivity contribution is -0.135. The lowest BCUT2D eigenvalue weighted by Gasteiger charge is -2.46. The second-order valence-corrected chi connectivity index (χ2v) is 13.4. The second kappa shape index (κ2) is 14.5. The van der Waals surface area contributed by atoms with Crippen molar-refractivity contribution in [1.82, 2.24) is 24.9 Å². The van der Waals surface area contributed by atoms with Crippen molar-refractivity contribution in [2.75, 3.05) is 26.2 Å². The Balaban J connectivity index is 1.27. The van der Waals surface area contributed by atoms with Crippen LogP contribution in [0.5, 0.6) is 0 Å². The zero-order valence-electron chi connectivity index (χ0n) is 25.9. The van der Waals surface area contributed by atoms with E-state index in [9.17, 15) is 19.5 Å². The van der Waals surface area contributed by atoms with Gasteiger partial charge >= 0.3 is 12.1 Å². The Hall–Kier alpha value is -2.52. The molecule has 5 rings (SSSR count). The van der Waals surface area contributed by atoms with E-state index >= 15 is 0 Å². The molecule has 3 aliphatic heterocycles. The third kappa shape index (κ3) is 7.42. The van der Waals surface area contributed by atoms with Gasteiger partial charge in [0.15, 0.2) is 0 Å². The third-order valence-corrected chi connectivity index (χ3v) is 10.7. The summed E-state index contributed by atoms with van der Waals surface area (Å²) >= 11 is 6.15. The van der Waals surface area contributed by atoms with Crippen LogP contribution in [0.15, 0.2) is 24.3 Å². The van der Waals surface area contributed by atoms with Crippen LogP contribution in [0.1, 0.15) is 90.0 Å². The summed E-state index contributed by atoms with van der Waals surface area (Å²) in [6.45, 7) is 6.79. The molecule has 0 aromatic heterocycles. The molecule has 3 atom stereocenters. The van der Waals surface area contributed by atoms with Crippen LogP contribution in [0, 0.1) is 0 Å². The molecule has 0 radical (unpaired) electrons. The van der Waals surface area contributed by atoms with Crippen LogP contribution in [0.2, 0.25) is 5.02 Å². The van der Waals surface area contributed by atoms with Crippen molar-refractivity contribution in [1.29, 1.82) is 0 Å². The minimum Gasteiger partial charge on any atom is -0.465 e. The van der Waals surface area contributed by atoms with Crippen LogP contribution in [-0.2, 0) is 11.2 Å². The molecule has 2 N–H and O–H groups in total. The maximum absolute atomic E-state index is 14.2. The summed E-state index contributed by atoms with van der Waals surface area (Å²) in [5.41, 5.74) is 1.05. The quantitative estimate of drug-likeness (QED) is 0.377. The van der Waals surface area contributed by atoms with Gasteiger partial charge in [-0.25, -0.2) is 9.59 Å². The highest BCUT2D eigenvalue weighted by Gasteiger charge is 2.44. The van der Waals surface area contributed by atoms with Gasteiger partial charge in [-0.3, -0.25) is 4.79 Å². The van der Waals surface area contributed by atoms with Crippen molar-refractivity contribution in [3.63, 3.8) is 0 Å². The summed E-state index contributed by atoms with van der Waals surface area (Å²) in [4.78, 5) is 47.5. The van der Waals surface area contributed by atoms with Gasteiger partial charge < -0.3 is 30.0 Å². The number of benzene rings is 1. The highest BCUT2D eigenvalue weighted by atomic mass is 35.5. The lowest BCUT2D eigenvalue weighted by Crippen LogP contribution is -2.59. The summed E-state index contributed by atoms with van der Waals surface area (Å²) in [6.07, 6.45) is 10.3. The number of fused-ring (bicyclic) bond motifs is 2. The first kappa shape index (κ1) is 31.9. The highest BCUT2D eigenvalue weighted by Crippen LogP contribution is 2.36. The number of carboxylic acid groups (broad SMARTS) is 1. The van der Waals surface area contributed by atoms with E-state index in [1.54, 1.807) is 4.90 Å². The summed E-state index contributed by atoms with van der Waals surface area (Å²) in [7, 11) is 0. The molecule has 1 saturated carbocycles. The summed E-state index contributed by atoms with van der Waals surface area (Å²) in [6, 6.07) is 8.03. The Labute approximate surface area is 261 Å². The number of nitrogens with one attached hydrogen (secondary N) is 1. The van der Waals surface area contributed by atoms with Crippen LogP contribution in [-0.4, -0.2) is 105 Å². The van der Waals surface area contributed by atoms with Crippen LogP contribution in [0.25, 0.3) is 0 Å². The van der Waals surface area contributed by atoms with Crippen molar-refractivity contribution in [2.45, 2.75) is 127 Å². The minimum atomic E-state index is -0.829. The minimum absolute atomic E-state index is 0.0184. The number of urea groups is 1. The van der Waals surface area contributed by atoms with E-state index in [0.29, 0.717) is 43.7 Å². The standard InChI is InChI=1S/C33H50ClN5O4/c1-3-36(4-2)32(41)38(26-8-6-5-7-9-26)27-16-18-37(19-17-27)31(40)30(20-23-10-12-24(34)13-11-23)35-25-21-28-14-15-29(22-25)39(28)33(42)43/h10-13,25-30,35H,3-9,14-22H2,1-2H3,(H,42,43)/t25?,28?,29?,30-/m1/s1. The Kier molecular flexibility index (Phi) is 10.8. The molecular formula is C33H50ClN5O4. The van der Waals surface area contributed by atoms with Gasteiger partial charge in [-0.05, 0) is 89.3 Å². The Bertz CT molecular complexity index is 1090. The number of nitrogens with zero attached hydrogens (tertiary/aromatic N) is 4. The van der Waals surface area contributed by atoms with Gasteiger partial charge in [-0.2, -0.15) is 0 Å². The van der Waals surface area contributed by atoms with E-state index in [1.165, 1.54) is 19.3 Å². The Morgan fingerprint density at radius 3 is 2.05 bits per heavy atom. The molecule has 3 heterocycles.